The van der Waals surface area contributed by atoms with Crippen molar-refractivity contribution in [1.29, 1.82) is 10.8 Å². The van der Waals surface area contributed by atoms with Crippen LogP contribution in [0.1, 0.15) is 23.2 Å². The predicted molar refractivity (Wildman–Crippen MR) is 78.0 cm³/mol. The van der Waals surface area contributed by atoms with Crippen molar-refractivity contribution in [3.63, 3.8) is 0 Å². The predicted octanol–water partition coefficient (Wildman–Crippen LogP) is 0.752. The molecule has 1 saturated heterocycles. The molecule has 1 aliphatic heterocycles. The Morgan fingerprint density at radius 3 is 2.30 bits per heavy atom. The molecule has 0 atom stereocenters. The van der Waals surface area contributed by atoms with Gasteiger partial charge in [0.05, 0.1) is 0 Å². The summed E-state index contributed by atoms with van der Waals surface area (Å²) in [5, 5.41) is 21.1. The highest BCUT2D eigenvalue weighted by atomic mass is 16.1. The fraction of sp³-hybridized carbons (Fsp3) is 0.308. The first kappa shape index (κ1) is 13.9. The number of nitrogens with zero attached hydrogens (tertiary/aromatic N) is 1. The van der Waals surface area contributed by atoms with Crippen molar-refractivity contribution in [2.75, 3.05) is 18.4 Å². The van der Waals surface area contributed by atoms with Gasteiger partial charge in [-0.1, -0.05) is 0 Å². The SMILES string of the molecule is N=C(NC(=N)N1CCCC1)Nc1ccc(C(N)=O)cc1. The van der Waals surface area contributed by atoms with Crippen LogP contribution in [-0.2, 0) is 0 Å². The molecule has 106 valence electrons. The van der Waals surface area contributed by atoms with Gasteiger partial charge in [-0.05, 0) is 37.1 Å². The van der Waals surface area contributed by atoms with Crippen LogP contribution in [0.25, 0.3) is 0 Å². The second kappa shape index (κ2) is 6.05. The molecule has 1 amide bonds. The number of carbonyl (C=O) groups is 1. The summed E-state index contributed by atoms with van der Waals surface area (Å²) in [5.41, 5.74) is 6.22. The first-order chi connectivity index (χ1) is 9.56. The molecule has 1 aromatic carbocycles. The molecule has 2 rings (SSSR count). The standard InChI is InChI=1S/C13H18N6O/c14-11(20)9-3-5-10(6-4-9)17-12(15)18-13(16)19-7-1-2-8-19/h3-6H,1-2,7-8H2,(H2,14,20)(H4,15,16,17,18). The molecular weight excluding hydrogens is 256 g/mol. The highest BCUT2D eigenvalue weighted by molar-refractivity contribution is 6.03. The van der Waals surface area contributed by atoms with Gasteiger partial charge in [0, 0.05) is 24.3 Å². The molecule has 0 unspecified atom stereocenters. The number of anilines is 1. The lowest BCUT2D eigenvalue weighted by Crippen LogP contribution is -2.44. The zero-order valence-corrected chi connectivity index (χ0v) is 11.1. The van der Waals surface area contributed by atoms with Crippen molar-refractivity contribution < 1.29 is 4.79 Å². The lowest BCUT2D eigenvalue weighted by Gasteiger charge is -2.20. The Morgan fingerprint density at radius 1 is 1.15 bits per heavy atom. The molecule has 20 heavy (non-hydrogen) atoms. The average Bonchev–Trinajstić information content (AvgIpc) is 2.93. The van der Waals surface area contributed by atoms with E-state index in [1.165, 1.54) is 0 Å². The summed E-state index contributed by atoms with van der Waals surface area (Å²) in [4.78, 5) is 12.8. The van der Waals surface area contributed by atoms with E-state index in [9.17, 15) is 4.79 Å². The molecule has 7 nitrogen and oxygen atoms in total. The maximum absolute atomic E-state index is 10.9. The van der Waals surface area contributed by atoms with Crippen molar-refractivity contribution in [2.24, 2.45) is 5.73 Å². The highest BCUT2D eigenvalue weighted by Crippen LogP contribution is 2.09. The summed E-state index contributed by atoms with van der Waals surface area (Å²) in [6.07, 6.45) is 2.17. The van der Waals surface area contributed by atoms with Crippen LogP contribution in [0.5, 0.6) is 0 Å². The normalized spacial score (nSPS) is 13.9. The van der Waals surface area contributed by atoms with Crippen molar-refractivity contribution in [3.05, 3.63) is 29.8 Å². The Morgan fingerprint density at radius 2 is 1.75 bits per heavy atom. The van der Waals surface area contributed by atoms with Crippen LogP contribution in [-0.4, -0.2) is 35.8 Å². The monoisotopic (exact) mass is 274 g/mol. The summed E-state index contributed by atoms with van der Waals surface area (Å²) in [6.45, 7) is 1.71. The number of rotatable bonds is 2. The smallest absolute Gasteiger partial charge is 0.248 e. The number of amides is 1. The van der Waals surface area contributed by atoms with Crippen LogP contribution in [0.4, 0.5) is 5.69 Å². The number of nitrogens with one attached hydrogen (secondary N) is 4. The molecule has 6 N–H and O–H groups in total. The quantitative estimate of drug-likeness (QED) is 0.404. The fourth-order valence-electron chi connectivity index (χ4n) is 2.03. The molecule has 1 heterocycles. The van der Waals surface area contributed by atoms with E-state index in [0.29, 0.717) is 11.3 Å². The van der Waals surface area contributed by atoms with E-state index < -0.39 is 5.91 Å². The van der Waals surface area contributed by atoms with Crippen molar-refractivity contribution >= 4 is 23.5 Å². The molecule has 0 aromatic heterocycles. The summed E-state index contributed by atoms with van der Waals surface area (Å²) >= 11 is 0. The number of hydrogen-bond donors (Lipinski definition) is 5. The van der Waals surface area contributed by atoms with Crippen molar-refractivity contribution in [1.82, 2.24) is 10.2 Å². The minimum absolute atomic E-state index is 0.0220. The minimum Gasteiger partial charge on any atom is -0.366 e. The molecule has 0 aliphatic carbocycles. The van der Waals surface area contributed by atoms with Gasteiger partial charge >= 0.3 is 0 Å². The lowest BCUT2D eigenvalue weighted by atomic mass is 10.2. The lowest BCUT2D eigenvalue weighted by molar-refractivity contribution is 0.100. The molecule has 7 heteroatoms. The van der Waals surface area contributed by atoms with E-state index >= 15 is 0 Å². The fourth-order valence-corrected chi connectivity index (χ4v) is 2.03. The van der Waals surface area contributed by atoms with Gasteiger partial charge in [0.1, 0.15) is 0 Å². The van der Waals surface area contributed by atoms with Crippen LogP contribution in [0.3, 0.4) is 0 Å². The van der Waals surface area contributed by atoms with Gasteiger partial charge in [-0.15, -0.1) is 0 Å². The third-order valence-electron chi connectivity index (χ3n) is 3.10. The van der Waals surface area contributed by atoms with Gasteiger partial charge in [0.25, 0.3) is 0 Å². The first-order valence-electron chi connectivity index (χ1n) is 6.42. The van der Waals surface area contributed by atoms with Crippen LogP contribution in [0.15, 0.2) is 24.3 Å². The Labute approximate surface area is 117 Å². The first-order valence-corrected chi connectivity index (χ1v) is 6.42. The summed E-state index contributed by atoms with van der Waals surface area (Å²) in [5.74, 6) is -0.233. The Bertz CT molecular complexity index is 518. The number of guanidine groups is 2. The molecule has 0 bridgehead atoms. The molecule has 1 aromatic rings. The van der Waals surface area contributed by atoms with Crippen molar-refractivity contribution in [3.8, 4) is 0 Å². The Kier molecular flexibility index (Phi) is 4.19. The second-order valence-electron chi connectivity index (χ2n) is 4.61. The van der Waals surface area contributed by atoms with Gasteiger partial charge in [-0.25, -0.2) is 0 Å². The molecule has 1 fully saturated rings. The van der Waals surface area contributed by atoms with Gasteiger partial charge in [0.15, 0.2) is 11.9 Å². The Balaban J connectivity index is 1.87. The van der Waals surface area contributed by atoms with Crippen LogP contribution >= 0.6 is 0 Å². The van der Waals surface area contributed by atoms with Crippen LogP contribution in [0, 0.1) is 10.8 Å². The van der Waals surface area contributed by atoms with Gasteiger partial charge in [0.2, 0.25) is 5.91 Å². The van der Waals surface area contributed by atoms with E-state index in [4.69, 9.17) is 16.6 Å². The molecular formula is C13H18N6O. The molecule has 1 aliphatic rings. The van der Waals surface area contributed by atoms with Gasteiger partial charge < -0.3 is 16.0 Å². The van der Waals surface area contributed by atoms with E-state index in [2.05, 4.69) is 10.6 Å². The second-order valence-corrected chi connectivity index (χ2v) is 4.61. The summed E-state index contributed by atoms with van der Waals surface area (Å²) in [7, 11) is 0. The van der Waals surface area contributed by atoms with Gasteiger partial charge in [-0.3, -0.25) is 20.9 Å². The van der Waals surface area contributed by atoms with E-state index in [0.717, 1.165) is 25.9 Å². The number of hydrogen-bond acceptors (Lipinski definition) is 3. The third kappa shape index (κ3) is 3.47. The number of primary amides is 1. The maximum Gasteiger partial charge on any atom is 0.248 e. The summed E-state index contributed by atoms with van der Waals surface area (Å²) in [6, 6.07) is 6.50. The Hall–Kier alpha value is -2.57. The maximum atomic E-state index is 10.9. The average molecular weight is 274 g/mol. The minimum atomic E-state index is -0.486. The number of carbonyl (C=O) groups excluding carboxylic acids is 1. The third-order valence-corrected chi connectivity index (χ3v) is 3.10. The highest BCUT2D eigenvalue weighted by Gasteiger charge is 2.15. The number of likely N-dealkylation sites (tertiary alicyclic amines) is 1. The summed E-state index contributed by atoms with van der Waals surface area (Å²) < 4.78 is 0. The van der Waals surface area contributed by atoms with Crippen LogP contribution in [0.2, 0.25) is 0 Å². The van der Waals surface area contributed by atoms with E-state index in [1.807, 2.05) is 4.90 Å². The topological polar surface area (TPSA) is 118 Å². The van der Waals surface area contributed by atoms with E-state index in [1.54, 1.807) is 24.3 Å². The van der Waals surface area contributed by atoms with E-state index in [-0.39, 0.29) is 11.9 Å². The van der Waals surface area contributed by atoms with Crippen LogP contribution < -0.4 is 16.4 Å². The number of nitrogens with two attached hydrogens (primary N) is 1. The molecule has 0 spiro atoms. The number of benzene rings is 1. The zero-order chi connectivity index (χ0) is 14.5. The molecule has 0 saturated carbocycles. The van der Waals surface area contributed by atoms with Crippen molar-refractivity contribution in [2.45, 2.75) is 12.8 Å². The van der Waals surface area contributed by atoms with Gasteiger partial charge in [-0.2, -0.15) is 0 Å². The molecule has 0 radical (unpaired) electrons. The zero-order valence-electron chi connectivity index (χ0n) is 11.1. The largest absolute Gasteiger partial charge is 0.366 e.